The van der Waals surface area contributed by atoms with E-state index in [4.69, 9.17) is 10.5 Å². The Morgan fingerprint density at radius 3 is 2.84 bits per heavy atom. The van der Waals surface area contributed by atoms with Crippen LogP contribution in [0.2, 0.25) is 0 Å². The number of nitrogens with zero attached hydrogens (tertiary/aromatic N) is 2. The zero-order chi connectivity index (χ0) is 22.0. The highest BCUT2D eigenvalue weighted by Gasteiger charge is 2.28. The maximum Gasteiger partial charge on any atom is 0.250 e. The van der Waals surface area contributed by atoms with Gasteiger partial charge in [-0.15, -0.1) is 0 Å². The molecule has 1 fully saturated rings. The molecule has 7 heteroatoms. The second kappa shape index (κ2) is 8.71. The highest BCUT2D eigenvalue weighted by atomic mass is 19.1. The topological polar surface area (TPSA) is 85.5 Å². The van der Waals surface area contributed by atoms with Crippen LogP contribution < -0.4 is 10.5 Å². The fourth-order valence-corrected chi connectivity index (χ4v) is 4.17. The summed E-state index contributed by atoms with van der Waals surface area (Å²) in [4.78, 5) is 31.5. The molecule has 1 aromatic heterocycles. The number of primary amides is 1. The lowest BCUT2D eigenvalue weighted by Gasteiger charge is -2.33. The molecule has 0 saturated carbocycles. The normalized spacial score (nSPS) is 16.3. The fourth-order valence-electron chi connectivity index (χ4n) is 4.17. The van der Waals surface area contributed by atoms with Gasteiger partial charge in [-0.05, 0) is 54.8 Å². The Labute approximate surface area is 179 Å². The van der Waals surface area contributed by atoms with E-state index in [1.165, 1.54) is 12.1 Å². The molecule has 160 valence electrons. The summed E-state index contributed by atoms with van der Waals surface area (Å²) >= 11 is 0. The number of carbonyl (C=O) groups is 2. The molecule has 2 heterocycles. The number of hydrogen-bond acceptors (Lipinski definition) is 4. The van der Waals surface area contributed by atoms with Gasteiger partial charge in [-0.25, -0.2) is 4.39 Å². The van der Waals surface area contributed by atoms with Gasteiger partial charge >= 0.3 is 0 Å². The molecule has 1 atom stereocenters. The number of benzene rings is 2. The minimum atomic E-state index is -0.603. The Morgan fingerprint density at radius 2 is 2.06 bits per heavy atom. The third kappa shape index (κ3) is 4.50. The zero-order valence-electron chi connectivity index (χ0n) is 17.3. The molecule has 0 aliphatic carbocycles. The van der Waals surface area contributed by atoms with E-state index < -0.39 is 11.7 Å². The van der Waals surface area contributed by atoms with Gasteiger partial charge < -0.3 is 15.4 Å². The highest BCUT2D eigenvalue weighted by molar-refractivity contribution is 5.98. The lowest BCUT2D eigenvalue weighted by atomic mass is 9.90. The van der Waals surface area contributed by atoms with Crippen LogP contribution in [-0.2, 0) is 11.2 Å². The summed E-state index contributed by atoms with van der Waals surface area (Å²) in [6.45, 7) is 1.12. The summed E-state index contributed by atoms with van der Waals surface area (Å²) in [6.07, 6.45) is 1.87. The van der Waals surface area contributed by atoms with Gasteiger partial charge in [-0.1, -0.05) is 12.1 Å². The molecule has 0 bridgehead atoms. The number of carbonyl (C=O) groups excluding carboxylic acids is 2. The lowest BCUT2D eigenvalue weighted by Crippen LogP contribution is -2.40. The Kier molecular flexibility index (Phi) is 5.84. The minimum Gasteiger partial charge on any atom is -0.497 e. The van der Waals surface area contributed by atoms with Crippen molar-refractivity contribution in [2.75, 3.05) is 20.2 Å². The van der Waals surface area contributed by atoms with Crippen molar-refractivity contribution in [3.8, 4) is 5.75 Å². The number of nitrogens with two attached hydrogens (primary N) is 1. The number of rotatable bonds is 5. The predicted molar refractivity (Wildman–Crippen MR) is 115 cm³/mol. The fraction of sp³-hybridized carbons (Fsp3) is 0.292. The SMILES string of the molecule is COc1cccc(CC(=O)N2CCC[C@H](c3nc4ccc(F)cc4cc3C(N)=O)C2)c1. The van der Waals surface area contributed by atoms with Gasteiger partial charge in [0.05, 0.1) is 30.3 Å². The average molecular weight is 421 g/mol. The van der Waals surface area contributed by atoms with Crippen molar-refractivity contribution in [1.29, 1.82) is 0 Å². The van der Waals surface area contributed by atoms with Crippen molar-refractivity contribution in [2.24, 2.45) is 5.73 Å². The predicted octanol–water partition coefficient (Wildman–Crippen LogP) is 3.43. The number of amides is 2. The largest absolute Gasteiger partial charge is 0.497 e. The summed E-state index contributed by atoms with van der Waals surface area (Å²) in [6, 6.07) is 13.3. The third-order valence-corrected chi connectivity index (χ3v) is 5.72. The first-order chi connectivity index (χ1) is 14.9. The van der Waals surface area contributed by atoms with Crippen LogP contribution in [0.4, 0.5) is 4.39 Å². The molecule has 1 saturated heterocycles. The molecule has 4 rings (SSSR count). The summed E-state index contributed by atoms with van der Waals surface area (Å²) in [5.41, 5.74) is 7.95. The Balaban J connectivity index is 1.58. The van der Waals surface area contributed by atoms with Gasteiger partial charge in [-0.2, -0.15) is 0 Å². The van der Waals surface area contributed by atoms with Crippen molar-refractivity contribution in [3.63, 3.8) is 0 Å². The molecule has 6 nitrogen and oxygen atoms in total. The molecule has 0 spiro atoms. The van der Waals surface area contributed by atoms with Gasteiger partial charge in [0.2, 0.25) is 5.91 Å². The molecule has 1 aliphatic heterocycles. The number of fused-ring (bicyclic) bond motifs is 1. The second-order valence-corrected chi connectivity index (χ2v) is 7.83. The summed E-state index contributed by atoms with van der Waals surface area (Å²) in [7, 11) is 1.59. The molecule has 31 heavy (non-hydrogen) atoms. The second-order valence-electron chi connectivity index (χ2n) is 7.83. The summed E-state index contributed by atoms with van der Waals surface area (Å²) in [5.74, 6) is -0.385. The minimum absolute atomic E-state index is 0.0152. The monoisotopic (exact) mass is 421 g/mol. The van der Waals surface area contributed by atoms with Crippen molar-refractivity contribution < 1.29 is 18.7 Å². The molecule has 2 amide bonds. The number of pyridine rings is 1. The number of aromatic nitrogens is 1. The average Bonchev–Trinajstić information content (AvgIpc) is 2.78. The van der Waals surface area contributed by atoms with Crippen LogP contribution >= 0.6 is 0 Å². The Hall–Kier alpha value is -3.48. The molecule has 0 radical (unpaired) electrons. The van der Waals surface area contributed by atoms with Gasteiger partial charge in [0.25, 0.3) is 5.91 Å². The van der Waals surface area contributed by atoms with Crippen molar-refractivity contribution in [3.05, 3.63) is 71.2 Å². The molecule has 2 N–H and O–H groups in total. The van der Waals surface area contributed by atoms with E-state index >= 15 is 0 Å². The van der Waals surface area contributed by atoms with Gasteiger partial charge in [-0.3, -0.25) is 14.6 Å². The van der Waals surface area contributed by atoms with Crippen LogP contribution in [0, 0.1) is 5.82 Å². The van der Waals surface area contributed by atoms with Crippen molar-refractivity contribution in [1.82, 2.24) is 9.88 Å². The van der Waals surface area contributed by atoms with Gasteiger partial charge in [0.1, 0.15) is 11.6 Å². The van der Waals surface area contributed by atoms with E-state index in [0.717, 1.165) is 18.4 Å². The maximum atomic E-state index is 13.6. The summed E-state index contributed by atoms with van der Waals surface area (Å²) in [5, 5.41) is 0.527. The first kappa shape index (κ1) is 20.8. The summed E-state index contributed by atoms with van der Waals surface area (Å²) < 4.78 is 18.8. The first-order valence-corrected chi connectivity index (χ1v) is 10.3. The van der Waals surface area contributed by atoms with Crippen LogP contribution in [0.15, 0.2) is 48.5 Å². The molecule has 2 aromatic carbocycles. The van der Waals surface area contributed by atoms with E-state index in [-0.39, 0.29) is 23.8 Å². The van der Waals surface area contributed by atoms with Crippen LogP contribution in [0.1, 0.15) is 40.4 Å². The number of hydrogen-bond donors (Lipinski definition) is 1. The third-order valence-electron chi connectivity index (χ3n) is 5.72. The molecular weight excluding hydrogens is 397 g/mol. The van der Waals surface area contributed by atoms with Crippen LogP contribution in [0.25, 0.3) is 10.9 Å². The van der Waals surface area contributed by atoms with E-state index in [1.807, 2.05) is 29.2 Å². The van der Waals surface area contributed by atoms with Crippen molar-refractivity contribution >= 4 is 22.7 Å². The standard InChI is InChI=1S/C24H24FN3O3/c1-31-19-6-2-4-15(10-19)11-22(29)28-9-3-5-16(14-28)23-20(24(26)30)13-17-12-18(25)7-8-21(17)27-23/h2,4,6-8,10,12-13,16H,3,5,9,11,14H2,1H3,(H2,26,30)/t16-/m0/s1. The molecule has 3 aromatic rings. The van der Waals surface area contributed by atoms with Crippen LogP contribution in [0.5, 0.6) is 5.75 Å². The number of halogens is 1. The molecule has 0 unspecified atom stereocenters. The number of likely N-dealkylation sites (tertiary alicyclic amines) is 1. The number of piperidine rings is 1. The van der Waals surface area contributed by atoms with Crippen LogP contribution in [-0.4, -0.2) is 41.9 Å². The maximum absolute atomic E-state index is 13.6. The van der Waals surface area contributed by atoms with Gasteiger partial charge in [0, 0.05) is 24.4 Å². The van der Waals surface area contributed by atoms with E-state index in [2.05, 4.69) is 4.98 Å². The quantitative estimate of drug-likeness (QED) is 0.684. The van der Waals surface area contributed by atoms with E-state index in [9.17, 15) is 14.0 Å². The Morgan fingerprint density at radius 1 is 1.23 bits per heavy atom. The number of methoxy groups -OCH3 is 1. The van der Waals surface area contributed by atoms with Crippen LogP contribution in [0.3, 0.4) is 0 Å². The lowest BCUT2D eigenvalue weighted by molar-refractivity contribution is -0.131. The smallest absolute Gasteiger partial charge is 0.250 e. The number of ether oxygens (including phenoxy) is 1. The van der Waals surface area contributed by atoms with E-state index in [0.29, 0.717) is 35.4 Å². The van der Waals surface area contributed by atoms with Gasteiger partial charge in [0.15, 0.2) is 0 Å². The Bertz CT molecular complexity index is 1150. The molecule has 1 aliphatic rings. The zero-order valence-corrected chi connectivity index (χ0v) is 17.3. The first-order valence-electron chi connectivity index (χ1n) is 10.3. The van der Waals surface area contributed by atoms with Crippen molar-refractivity contribution in [2.45, 2.75) is 25.2 Å². The molecular formula is C24H24FN3O3. The highest BCUT2D eigenvalue weighted by Crippen LogP contribution is 2.30. The van der Waals surface area contributed by atoms with E-state index in [1.54, 1.807) is 19.2 Å².